The van der Waals surface area contributed by atoms with Gasteiger partial charge in [-0.3, -0.25) is 9.78 Å². The van der Waals surface area contributed by atoms with Crippen LogP contribution in [0.3, 0.4) is 0 Å². The van der Waals surface area contributed by atoms with Gasteiger partial charge in [0.1, 0.15) is 0 Å². The number of anilines is 1. The molecule has 1 unspecified atom stereocenters. The van der Waals surface area contributed by atoms with E-state index in [0.717, 1.165) is 45.4 Å². The smallest absolute Gasteiger partial charge is 0.253 e. The van der Waals surface area contributed by atoms with Crippen LogP contribution in [-0.4, -0.2) is 51.9 Å². The van der Waals surface area contributed by atoms with E-state index in [9.17, 15) is 9.18 Å². The molecule has 6 nitrogen and oxygen atoms in total. The van der Waals surface area contributed by atoms with Crippen molar-refractivity contribution in [2.24, 2.45) is 5.41 Å². The summed E-state index contributed by atoms with van der Waals surface area (Å²) in [6.07, 6.45) is 8.79. The molecule has 0 radical (unpaired) electrons. The van der Waals surface area contributed by atoms with Crippen LogP contribution in [0.1, 0.15) is 29.6 Å². The molecule has 7 heteroatoms. The fraction of sp³-hybridized carbons (Fsp3) is 0.444. The molecule has 0 bridgehead atoms. The molecular weight excluding hydrogens is 321 g/mol. The molecule has 25 heavy (non-hydrogen) atoms. The predicted octanol–water partition coefficient (Wildman–Crippen LogP) is 2.14. The molecule has 0 saturated carbocycles. The summed E-state index contributed by atoms with van der Waals surface area (Å²) >= 11 is 0. The van der Waals surface area contributed by atoms with Gasteiger partial charge in [0.05, 0.1) is 12.4 Å². The van der Waals surface area contributed by atoms with Gasteiger partial charge >= 0.3 is 0 Å². The van der Waals surface area contributed by atoms with Gasteiger partial charge in [0.25, 0.3) is 5.91 Å². The summed E-state index contributed by atoms with van der Waals surface area (Å²) in [5.41, 5.74) is 0.750. The Hall–Kier alpha value is -2.57. The number of rotatable bonds is 2. The van der Waals surface area contributed by atoms with E-state index in [1.165, 1.54) is 12.4 Å². The first-order valence-corrected chi connectivity index (χ1v) is 8.57. The van der Waals surface area contributed by atoms with Gasteiger partial charge in [-0.05, 0) is 31.4 Å². The zero-order valence-corrected chi connectivity index (χ0v) is 13.9. The lowest BCUT2D eigenvalue weighted by atomic mass is 9.79. The van der Waals surface area contributed by atoms with Crippen LogP contribution in [0.15, 0.2) is 36.9 Å². The van der Waals surface area contributed by atoms with Crippen LogP contribution in [0.5, 0.6) is 0 Å². The highest BCUT2D eigenvalue weighted by molar-refractivity contribution is 5.94. The van der Waals surface area contributed by atoms with Crippen molar-refractivity contribution < 1.29 is 9.18 Å². The Morgan fingerprint density at radius 1 is 1.08 bits per heavy atom. The highest BCUT2D eigenvalue weighted by Gasteiger charge is 2.43. The third kappa shape index (κ3) is 3.18. The molecule has 0 N–H and O–H groups in total. The lowest BCUT2D eigenvalue weighted by Crippen LogP contribution is -2.46. The number of hydrogen-bond donors (Lipinski definition) is 0. The Labute approximate surface area is 145 Å². The van der Waals surface area contributed by atoms with Gasteiger partial charge in [0.15, 0.2) is 5.82 Å². The van der Waals surface area contributed by atoms with Gasteiger partial charge in [-0.15, -0.1) is 0 Å². The number of pyridine rings is 1. The Morgan fingerprint density at radius 2 is 1.84 bits per heavy atom. The Morgan fingerprint density at radius 3 is 2.60 bits per heavy atom. The molecule has 2 aromatic heterocycles. The average molecular weight is 341 g/mol. The first-order valence-electron chi connectivity index (χ1n) is 8.57. The Bertz CT molecular complexity index is 754. The van der Waals surface area contributed by atoms with Crippen molar-refractivity contribution in [1.29, 1.82) is 0 Å². The van der Waals surface area contributed by atoms with Crippen LogP contribution >= 0.6 is 0 Å². The summed E-state index contributed by atoms with van der Waals surface area (Å²) in [6, 6.07) is 3.51. The molecule has 130 valence electrons. The maximum absolute atomic E-state index is 13.1. The van der Waals surface area contributed by atoms with Crippen molar-refractivity contribution >= 4 is 11.9 Å². The van der Waals surface area contributed by atoms with Crippen LogP contribution in [-0.2, 0) is 0 Å². The molecule has 0 aliphatic carbocycles. The van der Waals surface area contributed by atoms with Crippen molar-refractivity contribution in [3.8, 4) is 0 Å². The lowest BCUT2D eigenvalue weighted by Gasteiger charge is -2.40. The molecule has 4 heterocycles. The van der Waals surface area contributed by atoms with Crippen molar-refractivity contribution in [1.82, 2.24) is 19.9 Å². The summed E-state index contributed by atoms with van der Waals surface area (Å²) in [5, 5.41) is 0. The van der Waals surface area contributed by atoms with Crippen LogP contribution in [0.2, 0.25) is 0 Å². The van der Waals surface area contributed by atoms with Crippen molar-refractivity contribution in [3.63, 3.8) is 0 Å². The van der Waals surface area contributed by atoms with E-state index in [0.29, 0.717) is 11.5 Å². The number of nitrogens with zero attached hydrogens (tertiary/aromatic N) is 5. The van der Waals surface area contributed by atoms with E-state index in [2.05, 4.69) is 19.9 Å². The van der Waals surface area contributed by atoms with Gasteiger partial charge in [0, 0.05) is 49.6 Å². The summed E-state index contributed by atoms with van der Waals surface area (Å²) in [6.45, 7) is 3.18. The topological polar surface area (TPSA) is 62.2 Å². The van der Waals surface area contributed by atoms with E-state index in [1.807, 2.05) is 4.90 Å². The van der Waals surface area contributed by atoms with Gasteiger partial charge in [0.2, 0.25) is 5.95 Å². The molecular formula is C18H20FN5O. The number of aromatic nitrogens is 3. The van der Waals surface area contributed by atoms with E-state index >= 15 is 0 Å². The molecule has 1 amide bonds. The fourth-order valence-corrected chi connectivity index (χ4v) is 3.97. The van der Waals surface area contributed by atoms with Crippen LogP contribution in [0.4, 0.5) is 10.3 Å². The minimum Gasteiger partial charge on any atom is -0.340 e. The zero-order chi connectivity index (χ0) is 17.3. The number of halogens is 1. The van der Waals surface area contributed by atoms with E-state index in [1.54, 1.807) is 24.5 Å². The molecule has 1 spiro atoms. The second-order valence-electron chi connectivity index (χ2n) is 6.94. The number of likely N-dealkylation sites (tertiary alicyclic amines) is 1. The normalized spacial score (nSPS) is 23.2. The fourth-order valence-electron chi connectivity index (χ4n) is 3.97. The average Bonchev–Trinajstić information content (AvgIpc) is 3.05. The lowest BCUT2D eigenvalue weighted by molar-refractivity contribution is 0.0767. The number of carbonyl (C=O) groups excluding carboxylic acids is 1. The monoisotopic (exact) mass is 341 g/mol. The molecule has 2 fully saturated rings. The maximum atomic E-state index is 13.1. The molecule has 4 rings (SSSR count). The van der Waals surface area contributed by atoms with Gasteiger partial charge in [-0.25, -0.2) is 14.4 Å². The van der Waals surface area contributed by atoms with Gasteiger partial charge in [-0.1, -0.05) is 0 Å². The molecule has 2 aliphatic heterocycles. The summed E-state index contributed by atoms with van der Waals surface area (Å²) < 4.78 is 13.1. The summed E-state index contributed by atoms with van der Waals surface area (Å²) in [5.74, 6) is 0.208. The number of carbonyl (C=O) groups is 1. The molecule has 1 atom stereocenters. The number of piperidine rings is 1. The SMILES string of the molecule is O=C(c1ccncc1)N1CCC2(CCCN(c3ncc(F)cn3)C2)C1. The second-order valence-corrected chi connectivity index (χ2v) is 6.94. The van der Waals surface area contributed by atoms with Crippen molar-refractivity contribution in [3.05, 3.63) is 48.3 Å². The number of hydrogen-bond acceptors (Lipinski definition) is 5. The largest absolute Gasteiger partial charge is 0.340 e. The zero-order valence-electron chi connectivity index (χ0n) is 13.9. The summed E-state index contributed by atoms with van der Waals surface area (Å²) in [7, 11) is 0. The third-order valence-corrected chi connectivity index (χ3v) is 5.20. The predicted molar refractivity (Wildman–Crippen MR) is 90.6 cm³/mol. The van der Waals surface area contributed by atoms with Crippen molar-refractivity contribution in [2.45, 2.75) is 19.3 Å². The molecule has 0 aromatic carbocycles. The second kappa shape index (κ2) is 6.38. The van der Waals surface area contributed by atoms with Gasteiger partial charge in [-0.2, -0.15) is 0 Å². The van der Waals surface area contributed by atoms with Crippen LogP contribution in [0, 0.1) is 11.2 Å². The first kappa shape index (κ1) is 15.9. The van der Waals surface area contributed by atoms with E-state index in [-0.39, 0.29) is 11.3 Å². The Kier molecular flexibility index (Phi) is 4.07. The molecule has 2 saturated heterocycles. The molecule has 2 aliphatic rings. The van der Waals surface area contributed by atoms with Gasteiger partial charge < -0.3 is 9.80 Å². The maximum Gasteiger partial charge on any atom is 0.253 e. The minimum atomic E-state index is -0.425. The highest BCUT2D eigenvalue weighted by Crippen LogP contribution is 2.40. The first-order chi connectivity index (χ1) is 12.2. The standard InChI is InChI=1S/C18H20FN5O/c19-15-10-21-17(22-11-15)24-8-1-4-18(13-24)5-9-23(12-18)16(25)14-2-6-20-7-3-14/h2-3,6-7,10-11H,1,4-5,8-9,12-13H2. The van der Waals surface area contributed by atoms with E-state index in [4.69, 9.17) is 0 Å². The number of amides is 1. The quantitative estimate of drug-likeness (QED) is 0.837. The Balaban J connectivity index is 1.47. The summed E-state index contributed by atoms with van der Waals surface area (Å²) in [4.78, 5) is 28.9. The third-order valence-electron chi connectivity index (χ3n) is 5.20. The minimum absolute atomic E-state index is 0.0643. The molecule has 2 aromatic rings. The van der Waals surface area contributed by atoms with Crippen LogP contribution in [0.25, 0.3) is 0 Å². The van der Waals surface area contributed by atoms with E-state index < -0.39 is 5.82 Å². The van der Waals surface area contributed by atoms with Crippen LogP contribution < -0.4 is 4.90 Å². The van der Waals surface area contributed by atoms with Crippen molar-refractivity contribution in [2.75, 3.05) is 31.1 Å². The highest BCUT2D eigenvalue weighted by atomic mass is 19.1.